The van der Waals surface area contributed by atoms with Crippen molar-refractivity contribution >= 4 is 0 Å². The fourth-order valence-electron chi connectivity index (χ4n) is 3.34. The number of likely N-dealkylation sites (tertiary alicyclic amines) is 1. The van der Waals surface area contributed by atoms with Crippen molar-refractivity contribution in [3.05, 3.63) is 0 Å². The Morgan fingerprint density at radius 2 is 1.75 bits per heavy atom. The van der Waals surface area contributed by atoms with Crippen molar-refractivity contribution in [1.29, 1.82) is 0 Å². The van der Waals surface area contributed by atoms with E-state index in [1.54, 1.807) is 0 Å². The maximum atomic E-state index is 10.2. The van der Waals surface area contributed by atoms with Crippen LogP contribution in [0.3, 0.4) is 0 Å². The van der Waals surface area contributed by atoms with Crippen LogP contribution in [0.15, 0.2) is 0 Å². The van der Waals surface area contributed by atoms with Gasteiger partial charge in [-0.25, -0.2) is 0 Å². The summed E-state index contributed by atoms with van der Waals surface area (Å²) >= 11 is 0. The molecule has 1 heterocycles. The zero-order valence-electron chi connectivity index (χ0n) is 10.9. The third-order valence-corrected chi connectivity index (χ3v) is 4.56. The molecule has 1 aliphatic heterocycles. The summed E-state index contributed by atoms with van der Waals surface area (Å²) in [6, 6.07) is 0.453. The van der Waals surface area contributed by atoms with Gasteiger partial charge in [0.2, 0.25) is 0 Å². The number of hydrogen-bond acceptors (Lipinski definition) is 2. The largest absolute Gasteiger partial charge is 0.391 e. The van der Waals surface area contributed by atoms with Crippen molar-refractivity contribution in [3.63, 3.8) is 0 Å². The van der Waals surface area contributed by atoms with Crippen LogP contribution >= 0.6 is 0 Å². The molecule has 2 nitrogen and oxygen atoms in total. The van der Waals surface area contributed by atoms with Crippen LogP contribution in [0.1, 0.15) is 52.4 Å². The van der Waals surface area contributed by atoms with E-state index in [1.165, 1.54) is 45.2 Å². The predicted molar refractivity (Wildman–Crippen MR) is 67.4 cm³/mol. The minimum absolute atomic E-state index is 0.0652. The molecular weight excluding hydrogens is 198 g/mol. The summed E-state index contributed by atoms with van der Waals surface area (Å²) in [5, 5.41) is 10.2. The molecule has 0 radical (unpaired) electrons. The van der Waals surface area contributed by atoms with Crippen LogP contribution in [-0.2, 0) is 0 Å². The van der Waals surface area contributed by atoms with Gasteiger partial charge in [-0.15, -0.1) is 0 Å². The number of aliphatic hydroxyl groups is 1. The van der Waals surface area contributed by atoms with E-state index in [2.05, 4.69) is 18.7 Å². The molecule has 1 aliphatic carbocycles. The van der Waals surface area contributed by atoms with Crippen molar-refractivity contribution < 1.29 is 5.11 Å². The molecule has 4 atom stereocenters. The molecule has 0 aromatic heterocycles. The summed E-state index contributed by atoms with van der Waals surface area (Å²) in [6.45, 7) is 7.11. The first-order chi connectivity index (χ1) is 7.66. The van der Waals surface area contributed by atoms with E-state index in [4.69, 9.17) is 0 Å². The third kappa shape index (κ3) is 2.98. The van der Waals surface area contributed by atoms with Gasteiger partial charge in [-0.3, -0.25) is 4.90 Å². The molecule has 2 fully saturated rings. The molecule has 1 N–H and O–H groups in total. The molecule has 0 aromatic carbocycles. The highest BCUT2D eigenvalue weighted by Gasteiger charge is 2.32. The van der Waals surface area contributed by atoms with E-state index in [-0.39, 0.29) is 6.10 Å². The van der Waals surface area contributed by atoms with Crippen LogP contribution < -0.4 is 0 Å². The first-order valence-electron chi connectivity index (χ1n) is 7.09. The molecule has 2 rings (SSSR count). The lowest BCUT2D eigenvalue weighted by atomic mass is 9.84. The fraction of sp³-hybridized carbons (Fsp3) is 1.00. The van der Waals surface area contributed by atoms with Gasteiger partial charge in [0.25, 0.3) is 0 Å². The highest BCUT2D eigenvalue weighted by atomic mass is 16.3. The van der Waals surface area contributed by atoms with Gasteiger partial charge >= 0.3 is 0 Å². The summed E-state index contributed by atoms with van der Waals surface area (Å²) in [5.41, 5.74) is 0. The maximum Gasteiger partial charge on any atom is 0.0695 e. The second kappa shape index (κ2) is 5.50. The molecule has 0 aromatic rings. The predicted octanol–water partition coefficient (Wildman–Crippen LogP) is 2.66. The van der Waals surface area contributed by atoms with Crippen LogP contribution in [0.2, 0.25) is 0 Å². The Morgan fingerprint density at radius 1 is 0.938 bits per heavy atom. The Kier molecular flexibility index (Phi) is 4.26. The molecule has 2 aliphatic rings. The second-order valence-corrected chi connectivity index (χ2v) is 6.12. The van der Waals surface area contributed by atoms with Crippen LogP contribution in [0.25, 0.3) is 0 Å². The normalized spacial score (nSPS) is 42.9. The van der Waals surface area contributed by atoms with Crippen LogP contribution in [0, 0.1) is 11.8 Å². The van der Waals surface area contributed by atoms with E-state index in [9.17, 15) is 5.11 Å². The lowest BCUT2D eigenvalue weighted by molar-refractivity contribution is 0.00673. The van der Waals surface area contributed by atoms with E-state index in [0.29, 0.717) is 6.04 Å². The Hall–Kier alpha value is -0.0800. The third-order valence-electron chi connectivity index (χ3n) is 4.56. The Morgan fingerprint density at radius 3 is 2.56 bits per heavy atom. The van der Waals surface area contributed by atoms with Gasteiger partial charge in [0.1, 0.15) is 0 Å². The minimum Gasteiger partial charge on any atom is -0.391 e. The molecule has 0 bridgehead atoms. The number of nitrogens with zero attached hydrogens (tertiary/aromatic N) is 1. The van der Waals surface area contributed by atoms with Crippen molar-refractivity contribution in [3.8, 4) is 0 Å². The van der Waals surface area contributed by atoms with Crippen LogP contribution in [0.5, 0.6) is 0 Å². The SMILES string of the molecule is CC1CCCN(C2CC(C)CCC2O)CC1. The Bertz CT molecular complexity index is 219. The van der Waals surface area contributed by atoms with E-state index < -0.39 is 0 Å². The van der Waals surface area contributed by atoms with E-state index in [1.807, 2.05) is 0 Å². The molecule has 0 amide bonds. The van der Waals surface area contributed by atoms with Crippen molar-refractivity contribution in [1.82, 2.24) is 4.90 Å². The standard InChI is InChI=1S/C14H27NO/c1-11-4-3-8-15(9-7-11)13-10-12(2)5-6-14(13)16/h11-14,16H,3-10H2,1-2H3. The summed E-state index contributed by atoms with van der Waals surface area (Å²) in [6.07, 6.45) is 7.37. The average Bonchev–Trinajstić information content (AvgIpc) is 2.47. The highest BCUT2D eigenvalue weighted by Crippen LogP contribution is 2.29. The Balaban J connectivity index is 1.93. The molecule has 1 saturated heterocycles. The van der Waals surface area contributed by atoms with Crippen molar-refractivity contribution in [2.45, 2.75) is 64.5 Å². The fourth-order valence-corrected chi connectivity index (χ4v) is 3.34. The first-order valence-corrected chi connectivity index (χ1v) is 7.09. The van der Waals surface area contributed by atoms with Crippen LogP contribution in [-0.4, -0.2) is 35.2 Å². The summed E-state index contributed by atoms with van der Waals surface area (Å²) < 4.78 is 0. The monoisotopic (exact) mass is 225 g/mol. The zero-order valence-corrected chi connectivity index (χ0v) is 10.9. The van der Waals surface area contributed by atoms with Gasteiger partial charge in [0.15, 0.2) is 0 Å². The van der Waals surface area contributed by atoms with Crippen molar-refractivity contribution in [2.24, 2.45) is 11.8 Å². The zero-order chi connectivity index (χ0) is 11.5. The minimum atomic E-state index is -0.0652. The van der Waals surface area contributed by atoms with Gasteiger partial charge in [-0.1, -0.05) is 13.8 Å². The quantitative estimate of drug-likeness (QED) is 0.741. The number of hydrogen-bond donors (Lipinski definition) is 1. The number of rotatable bonds is 1. The lowest BCUT2D eigenvalue weighted by Crippen LogP contribution is -2.47. The molecule has 0 spiro atoms. The molecule has 2 heteroatoms. The molecular formula is C14H27NO. The molecule has 94 valence electrons. The van der Waals surface area contributed by atoms with Crippen LogP contribution in [0.4, 0.5) is 0 Å². The molecule has 1 saturated carbocycles. The molecule has 4 unspecified atom stereocenters. The van der Waals surface area contributed by atoms with E-state index >= 15 is 0 Å². The van der Waals surface area contributed by atoms with Gasteiger partial charge in [0, 0.05) is 6.04 Å². The Labute approximate surface area is 100 Å². The summed E-state index contributed by atoms with van der Waals surface area (Å²) in [4.78, 5) is 2.57. The van der Waals surface area contributed by atoms with E-state index in [0.717, 1.165) is 18.3 Å². The van der Waals surface area contributed by atoms with Gasteiger partial charge in [-0.2, -0.15) is 0 Å². The van der Waals surface area contributed by atoms with Gasteiger partial charge in [-0.05, 0) is 63.5 Å². The first kappa shape index (κ1) is 12.4. The van der Waals surface area contributed by atoms with Gasteiger partial charge < -0.3 is 5.11 Å². The average molecular weight is 225 g/mol. The topological polar surface area (TPSA) is 23.5 Å². The smallest absolute Gasteiger partial charge is 0.0695 e. The van der Waals surface area contributed by atoms with Gasteiger partial charge in [0.05, 0.1) is 6.10 Å². The second-order valence-electron chi connectivity index (χ2n) is 6.12. The lowest BCUT2D eigenvalue weighted by Gasteiger charge is -2.39. The molecule has 16 heavy (non-hydrogen) atoms. The summed E-state index contributed by atoms with van der Waals surface area (Å²) in [5.74, 6) is 1.68. The van der Waals surface area contributed by atoms with Crippen molar-refractivity contribution in [2.75, 3.05) is 13.1 Å². The maximum absolute atomic E-state index is 10.2. The highest BCUT2D eigenvalue weighted by molar-refractivity contribution is 4.86. The number of aliphatic hydroxyl groups excluding tert-OH is 1. The summed E-state index contributed by atoms with van der Waals surface area (Å²) in [7, 11) is 0.